The maximum Gasteiger partial charge on any atom is 0.306 e. The number of rotatable bonds is 6. The van der Waals surface area contributed by atoms with E-state index in [1.54, 1.807) is 0 Å². The lowest BCUT2D eigenvalue weighted by atomic mass is 9.92. The highest BCUT2D eigenvalue weighted by Crippen LogP contribution is 2.20. The number of amides is 1. The van der Waals surface area contributed by atoms with Crippen LogP contribution in [0.15, 0.2) is 29.2 Å². The molecule has 0 saturated carbocycles. The zero-order valence-corrected chi connectivity index (χ0v) is 16.7. The van der Waals surface area contributed by atoms with Gasteiger partial charge >= 0.3 is 5.97 Å². The number of nitrogens with one attached hydrogen (secondary N) is 1. The van der Waals surface area contributed by atoms with Crippen LogP contribution in [0.5, 0.6) is 0 Å². The zero-order valence-electron chi connectivity index (χ0n) is 15.9. The van der Waals surface area contributed by atoms with Crippen molar-refractivity contribution < 1.29 is 27.5 Å². The molecule has 0 atom stereocenters. The quantitative estimate of drug-likeness (QED) is 0.731. The summed E-state index contributed by atoms with van der Waals surface area (Å²) in [6.07, 6.45) is 0.217. The third-order valence-corrected chi connectivity index (χ3v) is 5.70. The minimum absolute atomic E-state index is 0.152. The van der Waals surface area contributed by atoms with E-state index >= 15 is 0 Å². The van der Waals surface area contributed by atoms with E-state index in [0.29, 0.717) is 32.0 Å². The second kappa shape index (κ2) is 8.81. The van der Waals surface area contributed by atoms with E-state index in [1.165, 1.54) is 28.6 Å². The molecule has 1 aliphatic rings. The Labute approximate surface area is 159 Å². The van der Waals surface area contributed by atoms with Crippen molar-refractivity contribution in [1.29, 1.82) is 0 Å². The first-order valence-electron chi connectivity index (χ1n) is 8.71. The molecule has 1 heterocycles. The molecule has 2 rings (SSSR count). The maximum atomic E-state index is 12.5. The molecule has 1 aromatic rings. The van der Waals surface area contributed by atoms with Crippen LogP contribution in [0.4, 0.5) is 5.69 Å². The number of hydrogen-bond donors (Lipinski definition) is 1. The number of esters is 1. The Morgan fingerprint density at radius 3 is 2.30 bits per heavy atom. The average molecular weight is 398 g/mol. The summed E-state index contributed by atoms with van der Waals surface area (Å²) in [6, 6.07) is 5.88. The normalized spacial score (nSPS) is 16.0. The number of anilines is 1. The van der Waals surface area contributed by atoms with Gasteiger partial charge in [0.1, 0.15) is 0 Å². The van der Waals surface area contributed by atoms with Gasteiger partial charge in [-0.2, -0.15) is 4.31 Å². The Bertz CT molecular complexity index is 762. The van der Waals surface area contributed by atoms with Gasteiger partial charge in [-0.15, -0.1) is 0 Å². The van der Waals surface area contributed by atoms with Crippen molar-refractivity contribution in [2.45, 2.75) is 32.1 Å². The fourth-order valence-corrected chi connectivity index (χ4v) is 3.88. The molecule has 0 bridgehead atoms. The van der Waals surface area contributed by atoms with E-state index in [0.717, 1.165) is 0 Å². The molecule has 1 N–H and O–H groups in total. The molecular weight excluding hydrogens is 372 g/mol. The monoisotopic (exact) mass is 398 g/mol. The summed E-state index contributed by atoms with van der Waals surface area (Å²) in [5.41, 5.74) is 0.211. The van der Waals surface area contributed by atoms with Crippen molar-refractivity contribution >= 4 is 27.6 Å². The molecule has 1 aromatic carbocycles. The number of ether oxygens (including phenoxy) is 2. The van der Waals surface area contributed by atoms with Gasteiger partial charge in [-0.05, 0) is 29.7 Å². The maximum absolute atomic E-state index is 12.5. The van der Waals surface area contributed by atoms with Crippen LogP contribution in [-0.2, 0) is 29.1 Å². The van der Waals surface area contributed by atoms with Crippen LogP contribution in [0.25, 0.3) is 0 Å². The van der Waals surface area contributed by atoms with Crippen LogP contribution in [-0.4, -0.2) is 57.5 Å². The smallest absolute Gasteiger partial charge is 0.306 e. The lowest BCUT2D eigenvalue weighted by molar-refractivity contribution is -0.149. The van der Waals surface area contributed by atoms with E-state index in [1.807, 2.05) is 20.8 Å². The van der Waals surface area contributed by atoms with Crippen LogP contribution >= 0.6 is 0 Å². The summed E-state index contributed by atoms with van der Waals surface area (Å²) in [7, 11) is -3.57. The molecule has 1 aliphatic heterocycles. The predicted molar refractivity (Wildman–Crippen MR) is 99.7 cm³/mol. The molecule has 8 nitrogen and oxygen atoms in total. The molecule has 1 saturated heterocycles. The van der Waals surface area contributed by atoms with Crippen LogP contribution < -0.4 is 5.32 Å². The molecule has 150 valence electrons. The molecule has 0 radical (unpaired) electrons. The number of carbonyl (C=O) groups excluding carboxylic acids is 2. The van der Waals surface area contributed by atoms with Crippen LogP contribution in [0.3, 0.4) is 0 Å². The second-order valence-electron chi connectivity index (χ2n) is 7.49. The first-order chi connectivity index (χ1) is 12.6. The van der Waals surface area contributed by atoms with Crippen LogP contribution in [0, 0.1) is 5.41 Å². The van der Waals surface area contributed by atoms with Gasteiger partial charge in [0.15, 0.2) is 6.61 Å². The van der Waals surface area contributed by atoms with Gasteiger partial charge < -0.3 is 14.8 Å². The number of benzene rings is 1. The highest BCUT2D eigenvalue weighted by Gasteiger charge is 2.26. The number of carbonyl (C=O) groups is 2. The SMILES string of the molecule is CC(C)(C)CC(=O)OCC(=O)Nc1ccc(S(=O)(=O)N2CCOCC2)cc1. The van der Waals surface area contributed by atoms with Crippen molar-refractivity contribution in [1.82, 2.24) is 4.31 Å². The predicted octanol–water partition coefficient (Wildman–Crippen LogP) is 1.63. The highest BCUT2D eigenvalue weighted by atomic mass is 32.2. The van der Waals surface area contributed by atoms with Gasteiger partial charge in [-0.25, -0.2) is 8.42 Å². The third-order valence-electron chi connectivity index (χ3n) is 3.78. The second-order valence-corrected chi connectivity index (χ2v) is 9.43. The fourth-order valence-electron chi connectivity index (χ4n) is 2.47. The molecule has 0 spiro atoms. The van der Waals surface area contributed by atoms with Crippen molar-refractivity contribution in [3.8, 4) is 0 Å². The summed E-state index contributed by atoms with van der Waals surface area (Å²) in [5, 5.41) is 2.57. The summed E-state index contributed by atoms with van der Waals surface area (Å²) < 4.78 is 36.6. The number of nitrogens with zero attached hydrogens (tertiary/aromatic N) is 1. The minimum atomic E-state index is -3.57. The van der Waals surface area contributed by atoms with E-state index < -0.39 is 21.9 Å². The average Bonchev–Trinajstić information content (AvgIpc) is 2.60. The van der Waals surface area contributed by atoms with E-state index in [9.17, 15) is 18.0 Å². The molecule has 0 unspecified atom stereocenters. The fraction of sp³-hybridized carbons (Fsp3) is 0.556. The van der Waals surface area contributed by atoms with Crippen LogP contribution in [0.1, 0.15) is 27.2 Å². The topological polar surface area (TPSA) is 102 Å². The van der Waals surface area contributed by atoms with Crippen LogP contribution in [0.2, 0.25) is 0 Å². The van der Waals surface area contributed by atoms with Gasteiger partial charge in [0.05, 0.1) is 24.5 Å². The molecule has 1 amide bonds. The summed E-state index contributed by atoms with van der Waals surface area (Å²) in [4.78, 5) is 23.7. The summed E-state index contributed by atoms with van der Waals surface area (Å²) >= 11 is 0. The number of sulfonamides is 1. The van der Waals surface area contributed by atoms with Crippen molar-refractivity contribution in [2.75, 3.05) is 38.2 Å². The van der Waals surface area contributed by atoms with Gasteiger partial charge in [0.2, 0.25) is 10.0 Å². The van der Waals surface area contributed by atoms with Gasteiger partial charge in [0, 0.05) is 18.8 Å². The first kappa shape index (κ1) is 21.3. The molecule has 0 aliphatic carbocycles. The van der Waals surface area contributed by atoms with E-state index in [2.05, 4.69) is 5.32 Å². The third kappa shape index (κ3) is 6.60. The lowest BCUT2D eigenvalue weighted by Crippen LogP contribution is -2.40. The zero-order chi connectivity index (χ0) is 20.1. The Hall–Kier alpha value is -1.97. The van der Waals surface area contributed by atoms with E-state index in [4.69, 9.17) is 9.47 Å². The molecule has 0 aromatic heterocycles. The van der Waals surface area contributed by atoms with Crippen molar-refractivity contribution in [3.05, 3.63) is 24.3 Å². The van der Waals surface area contributed by atoms with E-state index in [-0.39, 0.29) is 23.3 Å². The summed E-state index contributed by atoms with van der Waals surface area (Å²) in [6.45, 7) is 6.72. The largest absolute Gasteiger partial charge is 0.456 e. The Balaban J connectivity index is 1.89. The van der Waals surface area contributed by atoms with Gasteiger partial charge in [-0.3, -0.25) is 9.59 Å². The Morgan fingerprint density at radius 1 is 1.15 bits per heavy atom. The number of hydrogen-bond acceptors (Lipinski definition) is 6. The van der Waals surface area contributed by atoms with Crippen molar-refractivity contribution in [2.24, 2.45) is 5.41 Å². The Kier molecular flexibility index (Phi) is 6.96. The molecule has 1 fully saturated rings. The van der Waals surface area contributed by atoms with Gasteiger partial charge in [0.25, 0.3) is 5.91 Å². The number of morpholine rings is 1. The first-order valence-corrected chi connectivity index (χ1v) is 10.2. The standard InChI is InChI=1S/C18H26N2O6S/c1-18(2,3)12-17(22)26-13-16(21)19-14-4-6-15(7-5-14)27(23,24)20-8-10-25-11-9-20/h4-7H,8-13H2,1-3H3,(H,19,21). The van der Waals surface area contributed by atoms with Gasteiger partial charge in [-0.1, -0.05) is 20.8 Å². The molecule has 9 heteroatoms. The molecule has 27 heavy (non-hydrogen) atoms. The molecular formula is C18H26N2O6S. The highest BCUT2D eigenvalue weighted by molar-refractivity contribution is 7.89. The van der Waals surface area contributed by atoms with Crippen molar-refractivity contribution in [3.63, 3.8) is 0 Å². The lowest BCUT2D eigenvalue weighted by Gasteiger charge is -2.26. The minimum Gasteiger partial charge on any atom is -0.456 e. The summed E-state index contributed by atoms with van der Waals surface area (Å²) in [5.74, 6) is -0.925. The Morgan fingerprint density at radius 2 is 1.74 bits per heavy atom.